The van der Waals surface area contributed by atoms with E-state index in [1.807, 2.05) is 0 Å². The van der Waals surface area contributed by atoms with Gasteiger partial charge in [0.25, 0.3) is 5.82 Å². The first kappa shape index (κ1) is 30.2. The van der Waals surface area contributed by atoms with Crippen molar-refractivity contribution in [2.24, 2.45) is 0 Å². The van der Waals surface area contributed by atoms with Gasteiger partial charge in [-0.2, -0.15) is 0 Å². The molecule has 0 saturated heterocycles. The molecule has 1 aromatic rings. The van der Waals surface area contributed by atoms with Crippen LogP contribution in [0.2, 0.25) is 0 Å². The Morgan fingerprint density at radius 1 is 0.515 bits per heavy atom. The Morgan fingerprint density at radius 3 is 1.45 bits per heavy atom. The zero-order valence-electron chi connectivity index (χ0n) is 23.2. The lowest BCUT2D eigenvalue weighted by Crippen LogP contribution is -2.37. The Balaban J connectivity index is 2.18. The van der Waals surface area contributed by atoms with Crippen LogP contribution in [0, 0.1) is 0 Å². The summed E-state index contributed by atoms with van der Waals surface area (Å²) < 4.78 is 5.17. The third-order valence-corrected chi connectivity index (χ3v) is 7.35. The van der Waals surface area contributed by atoms with Gasteiger partial charge in [-0.05, 0) is 32.1 Å². The van der Waals surface area contributed by atoms with Crippen molar-refractivity contribution in [1.29, 1.82) is 0 Å². The molecule has 0 spiro atoms. The summed E-state index contributed by atoms with van der Waals surface area (Å²) in [4.78, 5) is 0. The molecule has 2 heteroatoms. The van der Waals surface area contributed by atoms with E-state index in [4.69, 9.17) is 0 Å². The van der Waals surface area contributed by atoms with Crippen LogP contribution < -0.4 is 4.57 Å². The Hall–Kier alpha value is -0.790. The summed E-state index contributed by atoms with van der Waals surface area (Å²) in [5.74, 6) is 1.59. The highest BCUT2D eigenvalue weighted by molar-refractivity contribution is 4.84. The van der Waals surface area contributed by atoms with Gasteiger partial charge in [0.2, 0.25) is 0 Å². The zero-order chi connectivity index (χ0) is 23.8. The molecular weight excluding hydrogens is 400 g/mol. The maximum absolute atomic E-state index is 2.59. The van der Waals surface area contributed by atoms with Gasteiger partial charge in [0, 0.05) is 6.42 Å². The van der Waals surface area contributed by atoms with Gasteiger partial charge in [-0.15, -0.1) is 0 Å². The smallest absolute Gasteiger partial charge is 0.234 e. The maximum Gasteiger partial charge on any atom is 0.256 e. The van der Waals surface area contributed by atoms with Gasteiger partial charge in [0.15, 0.2) is 0 Å². The molecule has 0 bridgehead atoms. The number of nitrogens with zero attached hydrogens (tertiary/aromatic N) is 2. The van der Waals surface area contributed by atoms with Crippen LogP contribution in [0.4, 0.5) is 0 Å². The molecular formula is C31H61N2+. The molecule has 1 aromatic heterocycles. The van der Waals surface area contributed by atoms with E-state index in [1.165, 1.54) is 161 Å². The number of rotatable bonds is 25. The van der Waals surface area contributed by atoms with Gasteiger partial charge in [-0.1, -0.05) is 130 Å². The highest BCUT2D eigenvalue weighted by Gasteiger charge is 2.16. The minimum atomic E-state index is 1.22. The second-order valence-electron chi connectivity index (χ2n) is 10.6. The fourth-order valence-corrected chi connectivity index (χ4v) is 5.09. The zero-order valence-corrected chi connectivity index (χ0v) is 23.2. The summed E-state index contributed by atoms with van der Waals surface area (Å²) in [6, 6.07) is 0. The lowest BCUT2D eigenvalue weighted by molar-refractivity contribution is -0.704. The predicted molar refractivity (Wildman–Crippen MR) is 147 cm³/mol. The molecule has 0 aliphatic heterocycles. The van der Waals surface area contributed by atoms with Gasteiger partial charge < -0.3 is 0 Å². The summed E-state index contributed by atoms with van der Waals surface area (Å²) in [5, 5.41) is 0. The molecule has 0 amide bonds. The third-order valence-electron chi connectivity index (χ3n) is 7.35. The first-order valence-electron chi connectivity index (χ1n) is 15.4. The second-order valence-corrected chi connectivity index (χ2v) is 10.6. The SMILES string of the molecule is CCCCCCCCCCCCCCC[n+]1ccn(CCCCCCCC)c1CCCCC. The molecule has 1 rings (SSSR count). The molecule has 0 unspecified atom stereocenters. The fourth-order valence-electron chi connectivity index (χ4n) is 5.09. The Bertz CT molecular complexity index is 519. The number of aromatic nitrogens is 2. The van der Waals surface area contributed by atoms with Crippen molar-refractivity contribution in [3.05, 3.63) is 18.2 Å². The number of aryl methyl sites for hydroxylation is 2. The standard InChI is InChI=1S/C31H61N2/c1-4-7-10-12-14-15-16-17-18-19-20-22-25-28-33-30-29-32(31(33)26-23-9-6-3)27-24-21-13-11-8-5-2/h29-30H,4-28H2,1-3H3/q+1. The van der Waals surface area contributed by atoms with E-state index < -0.39 is 0 Å². The number of hydrogen-bond acceptors (Lipinski definition) is 0. The molecule has 2 nitrogen and oxygen atoms in total. The number of unbranched alkanes of at least 4 members (excludes halogenated alkanes) is 19. The first-order chi connectivity index (χ1) is 16.3. The largest absolute Gasteiger partial charge is 0.256 e. The van der Waals surface area contributed by atoms with Crippen molar-refractivity contribution < 1.29 is 4.57 Å². The first-order valence-corrected chi connectivity index (χ1v) is 15.4. The Labute approximate surface area is 208 Å². The molecule has 0 N–H and O–H groups in total. The second kappa shape index (κ2) is 23.0. The lowest BCUT2D eigenvalue weighted by atomic mass is 10.0. The summed E-state index contributed by atoms with van der Waals surface area (Å²) in [7, 11) is 0. The minimum Gasteiger partial charge on any atom is -0.234 e. The van der Waals surface area contributed by atoms with E-state index in [0.29, 0.717) is 0 Å². The van der Waals surface area contributed by atoms with E-state index in [1.54, 1.807) is 5.82 Å². The quantitative estimate of drug-likeness (QED) is 0.101. The summed E-state index contributed by atoms with van der Waals surface area (Å²) >= 11 is 0. The van der Waals surface area contributed by atoms with Gasteiger partial charge >= 0.3 is 0 Å². The van der Waals surface area contributed by atoms with Crippen LogP contribution in [0.25, 0.3) is 0 Å². The summed E-state index contributed by atoms with van der Waals surface area (Å²) in [5.41, 5.74) is 0. The van der Waals surface area contributed by atoms with Crippen LogP contribution in [0.15, 0.2) is 12.4 Å². The average molecular weight is 462 g/mol. The van der Waals surface area contributed by atoms with Crippen molar-refractivity contribution in [2.45, 2.75) is 182 Å². The normalized spacial score (nSPS) is 11.5. The van der Waals surface area contributed by atoms with Crippen LogP contribution in [0.3, 0.4) is 0 Å². The number of hydrogen-bond donors (Lipinski definition) is 0. The highest BCUT2D eigenvalue weighted by atomic mass is 15.1. The van der Waals surface area contributed by atoms with Crippen molar-refractivity contribution in [2.75, 3.05) is 0 Å². The molecule has 0 radical (unpaired) electrons. The summed E-state index contributed by atoms with van der Waals surface area (Å²) in [6.07, 6.45) is 37.0. The van der Waals surface area contributed by atoms with Crippen molar-refractivity contribution in [1.82, 2.24) is 4.57 Å². The maximum atomic E-state index is 2.59. The fraction of sp³-hybridized carbons (Fsp3) is 0.903. The van der Waals surface area contributed by atoms with Gasteiger partial charge in [0.05, 0.1) is 13.1 Å². The van der Waals surface area contributed by atoms with E-state index in [0.717, 1.165) is 0 Å². The predicted octanol–water partition coefficient (Wildman–Crippen LogP) is 9.96. The highest BCUT2D eigenvalue weighted by Crippen LogP contribution is 2.13. The van der Waals surface area contributed by atoms with Crippen LogP contribution in [0.1, 0.15) is 168 Å². The van der Waals surface area contributed by atoms with Crippen LogP contribution in [0.5, 0.6) is 0 Å². The molecule has 1 heterocycles. The molecule has 194 valence electrons. The monoisotopic (exact) mass is 461 g/mol. The molecule has 0 saturated carbocycles. The molecule has 0 aromatic carbocycles. The van der Waals surface area contributed by atoms with E-state index >= 15 is 0 Å². The van der Waals surface area contributed by atoms with E-state index in [2.05, 4.69) is 42.3 Å². The van der Waals surface area contributed by atoms with Crippen molar-refractivity contribution >= 4 is 0 Å². The van der Waals surface area contributed by atoms with E-state index in [-0.39, 0.29) is 0 Å². The van der Waals surface area contributed by atoms with Gasteiger partial charge in [0.1, 0.15) is 12.4 Å². The molecule has 0 aliphatic rings. The Morgan fingerprint density at radius 2 is 0.939 bits per heavy atom. The van der Waals surface area contributed by atoms with Gasteiger partial charge in [-0.3, -0.25) is 0 Å². The van der Waals surface area contributed by atoms with E-state index in [9.17, 15) is 0 Å². The topological polar surface area (TPSA) is 8.81 Å². The van der Waals surface area contributed by atoms with Crippen LogP contribution in [-0.2, 0) is 19.5 Å². The van der Waals surface area contributed by atoms with Crippen molar-refractivity contribution in [3.63, 3.8) is 0 Å². The molecule has 0 aliphatic carbocycles. The van der Waals surface area contributed by atoms with Crippen LogP contribution >= 0.6 is 0 Å². The van der Waals surface area contributed by atoms with Crippen molar-refractivity contribution in [3.8, 4) is 0 Å². The Kier molecular flexibility index (Phi) is 21.1. The van der Waals surface area contributed by atoms with Crippen LogP contribution in [-0.4, -0.2) is 4.57 Å². The molecule has 0 atom stereocenters. The average Bonchev–Trinajstić information content (AvgIpc) is 3.21. The lowest BCUT2D eigenvalue weighted by Gasteiger charge is -2.06. The molecule has 0 fully saturated rings. The number of imidazole rings is 1. The summed E-state index contributed by atoms with van der Waals surface area (Å²) in [6.45, 7) is 9.37. The molecule has 33 heavy (non-hydrogen) atoms. The third kappa shape index (κ3) is 16.5. The van der Waals surface area contributed by atoms with Gasteiger partial charge in [-0.25, -0.2) is 9.13 Å². The minimum absolute atomic E-state index is 1.22.